The number of nitrogens with one attached hydrogen (secondary N) is 1. The predicted molar refractivity (Wildman–Crippen MR) is 98.8 cm³/mol. The van der Waals surface area contributed by atoms with Gasteiger partial charge in [-0.2, -0.15) is 0 Å². The van der Waals surface area contributed by atoms with Crippen LogP contribution in [0.25, 0.3) is 21.8 Å². The number of oxazole rings is 1. The Morgan fingerprint density at radius 3 is 2.92 bits per heavy atom. The molecule has 3 aromatic heterocycles. The Kier molecular flexibility index (Phi) is 4.25. The van der Waals surface area contributed by atoms with Crippen LogP contribution < -0.4 is 5.32 Å². The van der Waals surface area contributed by atoms with Gasteiger partial charge < -0.3 is 19.4 Å². The minimum atomic E-state index is -0.453. The summed E-state index contributed by atoms with van der Waals surface area (Å²) < 4.78 is 7.66. The summed E-state index contributed by atoms with van der Waals surface area (Å²) in [6.07, 6.45) is 1.23. The molecule has 0 aliphatic rings. The molecule has 0 amide bonds. The van der Waals surface area contributed by atoms with E-state index in [9.17, 15) is 5.11 Å². The third kappa shape index (κ3) is 3.29. The van der Waals surface area contributed by atoms with E-state index < -0.39 is 6.10 Å². The van der Waals surface area contributed by atoms with Crippen molar-refractivity contribution in [3.63, 3.8) is 0 Å². The Morgan fingerprint density at radius 2 is 2.12 bits per heavy atom. The number of rotatable bonds is 6. The number of benzene rings is 1. The highest BCUT2D eigenvalue weighted by molar-refractivity contribution is 7.13. The monoisotopic (exact) mass is 354 g/mol. The van der Waals surface area contributed by atoms with Crippen LogP contribution >= 0.6 is 11.3 Å². The van der Waals surface area contributed by atoms with E-state index in [1.165, 1.54) is 0 Å². The molecule has 4 rings (SSSR count). The fourth-order valence-corrected chi connectivity index (χ4v) is 3.32. The zero-order chi connectivity index (χ0) is 17.2. The van der Waals surface area contributed by atoms with E-state index in [1.54, 1.807) is 24.5 Å². The van der Waals surface area contributed by atoms with Gasteiger partial charge in [0.15, 0.2) is 0 Å². The number of anilines is 1. The third-order valence-electron chi connectivity index (χ3n) is 3.81. The van der Waals surface area contributed by atoms with Crippen LogP contribution in [0.15, 0.2) is 52.5 Å². The molecule has 0 unspecified atom stereocenters. The maximum atomic E-state index is 9.55. The number of hydrogen-bond donors (Lipinski definition) is 2. The first-order valence-corrected chi connectivity index (χ1v) is 8.94. The highest BCUT2D eigenvalue weighted by Gasteiger charge is 2.14. The van der Waals surface area contributed by atoms with Gasteiger partial charge in [-0.1, -0.05) is 18.2 Å². The summed E-state index contributed by atoms with van der Waals surface area (Å²) in [5, 5.41) is 14.8. The van der Waals surface area contributed by atoms with Gasteiger partial charge in [0.25, 0.3) is 0 Å². The number of nitrogens with zero attached hydrogens (tertiary/aromatic N) is 3. The number of aliphatic hydroxyl groups excluding tert-OH is 1. The molecule has 0 saturated heterocycles. The standard InChI is InChI=1S/C18H18N4O2S/c1-12(23)9-19-18-21-14-5-2-3-6-15(14)22(18)10-13-11-24-17(20-13)16-7-4-8-25-16/h2-8,11-12,23H,9-10H2,1H3,(H,19,21)/t12-/m1/s1. The largest absolute Gasteiger partial charge is 0.443 e. The summed E-state index contributed by atoms with van der Waals surface area (Å²) in [4.78, 5) is 10.2. The van der Waals surface area contributed by atoms with E-state index >= 15 is 0 Å². The molecule has 0 fully saturated rings. The molecule has 0 aliphatic heterocycles. The topological polar surface area (TPSA) is 76.1 Å². The third-order valence-corrected chi connectivity index (χ3v) is 4.67. The van der Waals surface area contributed by atoms with Gasteiger partial charge in [-0.05, 0) is 30.5 Å². The predicted octanol–water partition coefficient (Wildman–Crippen LogP) is 3.59. The van der Waals surface area contributed by atoms with E-state index in [0.29, 0.717) is 24.9 Å². The van der Waals surface area contributed by atoms with Crippen LogP contribution in [0.5, 0.6) is 0 Å². The lowest BCUT2D eigenvalue weighted by atomic mass is 10.3. The number of hydrogen-bond acceptors (Lipinski definition) is 6. The lowest BCUT2D eigenvalue weighted by molar-refractivity contribution is 0.208. The number of aliphatic hydroxyl groups is 1. The second-order valence-corrected chi connectivity index (χ2v) is 6.81. The molecule has 3 heterocycles. The van der Waals surface area contributed by atoms with Gasteiger partial charge in [0, 0.05) is 6.54 Å². The molecule has 128 valence electrons. The smallest absolute Gasteiger partial charge is 0.236 e. The second kappa shape index (κ2) is 6.70. The summed E-state index contributed by atoms with van der Waals surface area (Å²) in [5.74, 6) is 1.34. The molecule has 0 bridgehead atoms. The molecule has 1 aromatic carbocycles. The molecule has 0 spiro atoms. The van der Waals surface area contributed by atoms with Gasteiger partial charge in [0.1, 0.15) is 6.26 Å². The summed E-state index contributed by atoms with van der Waals surface area (Å²) in [5.41, 5.74) is 2.74. The molecular weight excluding hydrogens is 336 g/mol. The van der Waals surface area contributed by atoms with E-state index in [0.717, 1.165) is 21.6 Å². The summed E-state index contributed by atoms with van der Waals surface area (Å²) in [7, 11) is 0. The maximum absolute atomic E-state index is 9.55. The first-order valence-electron chi connectivity index (χ1n) is 8.06. The molecular formula is C18H18N4O2S. The first kappa shape index (κ1) is 15.9. The molecule has 6 nitrogen and oxygen atoms in total. The summed E-state index contributed by atoms with van der Waals surface area (Å²) in [6.45, 7) is 2.71. The average Bonchev–Trinajstić information content (AvgIpc) is 3.33. The molecule has 7 heteroatoms. The lowest BCUT2D eigenvalue weighted by Crippen LogP contribution is -2.18. The normalized spacial score (nSPS) is 12.6. The zero-order valence-corrected chi connectivity index (χ0v) is 14.5. The van der Waals surface area contributed by atoms with Gasteiger partial charge in [0.2, 0.25) is 11.8 Å². The van der Waals surface area contributed by atoms with Crippen LogP contribution in [0.3, 0.4) is 0 Å². The van der Waals surface area contributed by atoms with Crippen LogP contribution in [0.1, 0.15) is 12.6 Å². The summed E-state index contributed by atoms with van der Waals surface area (Å²) in [6, 6.07) is 11.9. The highest BCUT2D eigenvalue weighted by Crippen LogP contribution is 2.25. The first-order chi connectivity index (χ1) is 12.2. The minimum Gasteiger partial charge on any atom is -0.443 e. The highest BCUT2D eigenvalue weighted by atomic mass is 32.1. The Morgan fingerprint density at radius 1 is 1.24 bits per heavy atom. The second-order valence-electron chi connectivity index (χ2n) is 5.86. The quantitative estimate of drug-likeness (QED) is 0.553. The molecule has 25 heavy (non-hydrogen) atoms. The number of imidazole rings is 1. The minimum absolute atomic E-state index is 0.433. The van der Waals surface area contributed by atoms with Crippen LogP contribution in [0.2, 0.25) is 0 Å². The molecule has 0 radical (unpaired) electrons. The van der Waals surface area contributed by atoms with Crippen LogP contribution in [-0.2, 0) is 6.54 Å². The van der Waals surface area contributed by atoms with Gasteiger partial charge in [-0.15, -0.1) is 11.3 Å². The van der Waals surface area contributed by atoms with Gasteiger partial charge in [-0.25, -0.2) is 9.97 Å². The number of aromatic nitrogens is 3. The van der Waals surface area contributed by atoms with E-state index in [4.69, 9.17) is 4.42 Å². The Hall–Kier alpha value is -2.64. The van der Waals surface area contributed by atoms with Gasteiger partial charge in [-0.3, -0.25) is 0 Å². The molecule has 1 atom stereocenters. The fraction of sp³-hybridized carbons (Fsp3) is 0.222. The number of thiophene rings is 1. The van der Waals surface area contributed by atoms with Crippen molar-refractivity contribution in [1.29, 1.82) is 0 Å². The summed E-state index contributed by atoms with van der Waals surface area (Å²) >= 11 is 1.60. The van der Waals surface area contributed by atoms with Crippen molar-refractivity contribution in [2.24, 2.45) is 0 Å². The maximum Gasteiger partial charge on any atom is 0.236 e. The molecule has 0 saturated carbocycles. The van der Waals surface area contributed by atoms with Crippen molar-refractivity contribution < 1.29 is 9.52 Å². The van der Waals surface area contributed by atoms with Gasteiger partial charge in [0.05, 0.1) is 34.3 Å². The fourth-order valence-electron chi connectivity index (χ4n) is 2.66. The Labute approximate surface area is 148 Å². The van der Waals surface area contributed by atoms with Crippen LogP contribution in [0.4, 0.5) is 5.95 Å². The van der Waals surface area contributed by atoms with Crippen molar-refractivity contribution in [1.82, 2.24) is 14.5 Å². The average molecular weight is 354 g/mol. The SMILES string of the molecule is C[C@@H](O)CNc1nc2ccccc2n1Cc1coc(-c2cccs2)n1. The van der Waals surface area contributed by atoms with E-state index in [-0.39, 0.29) is 0 Å². The Balaban J connectivity index is 1.67. The van der Waals surface area contributed by atoms with E-state index in [2.05, 4.69) is 15.3 Å². The van der Waals surface area contributed by atoms with Crippen molar-refractivity contribution in [3.8, 4) is 10.8 Å². The van der Waals surface area contributed by atoms with Crippen LogP contribution in [0, 0.1) is 0 Å². The zero-order valence-electron chi connectivity index (χ0n) is 13.7. The molecule has 0 aliphatic carbocycles. The number of fused-ring (bicyclic) bond motifs is 1. The van der Waals surface area contributed by atoms with E-state index in [1.807, 2.05) is 46.3 Å². The Bertz CT molecular complexity index is 972. The van der Waals surface area contributed by atoms with Crippen molar-refractivity contribution in [2.45, 2.75) is 19.6 Å². The molecule has 4 aromatic rings. The van der Waals surface area contributed by atoms with Crippen molar-refractivity contribution >= 4 is 28.3 Å². The van der Waals surface area contributed by atoms with Crippen molar-refractivity contribution in [2.75, 3.05) is 11.9 Å². The molecule has 2 N–H and O–H groups in total. The van der Waals surface area contributed by atoms with Crippen LogP contribution in [-0.4, -0.2) is 32.3 Å². The number of para-hydroxylation sites is 2. The van der Waals surface area contributed by atoms with Crippen molar-refractivity contribution in [3.05, 3.63) is 53.7 Å². The van der Waals surface area contributed by atoms with Gasteiger partial charge >= 0.3 is 0 Å². The lowest BCUT2D eigenvalue weighted by Gasteiger charge is -2.10.